The van der Waals surface area contributed by atoms with E-state index in [2.05, 4.69) is 36.2 Å². The molecule has 1 aliphatic carbocycles. The quantitative estimate of drug-likeness (QED) is 0.263. The number of nitrogens with one attached hydrogen (secondary N) is 1. The Balaban J connectivity index is 1.39. The zero-order valence-corrected chi connectivity index (χ0v) is 21.8. The van der Waals surface area contributed by atoms with Crippen LogP contribution >= 0.6 is 15.9 Å². The van der Waals surface area contributed by atoms with Gasteiger partial charge in [0.1, 0.15) is 46.5 Å². The Morgan fingerprint density at radius 2 is 2.00 bits per heavy atom. The number of hydrogen-bond donors (Lipinski definition) is 2. The second-order valence-corrected chi connectivity index (χ2v) is 10.7. The number of hydrogen-bond acceptors (Lipinski definition) is 6. The van der Waals surface area contributed by atoms with Crippen molar-refractivity contribution in [3.8, 4) is 0 Å². The average molecular weight is 606 g/mol. The second kappa shape index (κ2) is 8.60. The molecule has 0 spiro atoms. The van der Waals surface area contributed by atoms with Crippen molar-refractivity contribution in [3.63, 3.8) is 0 Å². The van der Waals surface area contributed by atoms with Gasteiger partial charge in [-0.2, -0.15) is 13.2 Å². The molecule has 14 heteroatoms. The fraction of sp³-hybridized carbons (Fsp3) is 0.320. The molecular weight excluding hydrogens is 586 g/mol. The molecule has 3 atom stereocenters. The van der Waals surface area contributed by atoms with Gasteiger partial charge in [0.05, 0.1) is 22.5 Å². The highest BCUT2D eigenvalue weighted by molar-refractivity contribution is 9.10. The SMILES string of the molecule is Cc1cc(C(F)(F)F)cc2c3c(N)ncnc3n(CC(=O)N3C4C[C@@]4(F)C[C@H]3C(=O)Nc3cccc(Br)n3)c12. The van der Waals surface area contributed by atoms with Crippen LogP contribution in [-0.2, 0) is 22.3 Å². The molecule has 0 radical (unpaired) electrons. The number of amides is 2. The normalized spacial score (nSPS) is 22.4. The van der Waals surface area contributed by atoms with Crippen LogP contribution in [0.3, 0.4) is 0 Å². The third-order valence-electron chi connectivity index (χ3n) is 7.30. The van der Waals surface area contributed by atoms with E-state index in [1.807, 2.05) is 0 Å². The molecule has 1 saturated heterocycles. The summed E-state index contributed by atoms with van der Waals surface area (Å²) < 4.78 is 57.9. The molecule has 1 saturated carbocycles. The molecule has 3 N–H and O–H groups in total. The van der Waals surface area contributed by atoms with Gasteiger partial charge >= 0.3 is 6.18 Å². The van der Waals surface area contributed by atoms with Crippen LogP contribution in [0.2, 0.25) is 0 Å². The van der Waals surface area contributed by atoms with E-state index < -0.39 is 47.9 Å². The Kier molecular flexibility index (Phi) is 5.61. The van der Waals surface area contributed by atoms with E-state index in [1.165, 1.54) is 16.4 Å². The maximum atomic E-state index is 15.2. The van der Waals surface area contributed by atoms with Crippen molar-refractivity contribution < 1.29 is 27.2 Å². The number of alkyl halides is 4. The molecule has 4 aromatic rings. The van der Waals surface area contributed by atoms with E-state index in [-0.39, 0.29) is 46.5 Å². The first kappa shape index (κ1) is 25.5. The lowest BCUT2D eigenvalue weighted by molar-refractivity contribution is -0.138. The third-order valence-corrected chi connectivity index (χ3v) is 7.75. The van der Waals surface area contributed by atoms with Gasteiger partial charge in [-0.25, -0.2) is 19.3 Å². The fourth-order valence-corrected chi connectivity index (χ4v) is 5.89. The summed E-state index contributed by atoms with van der Waals surface area (Å²) in [5, 5.41) is 2.95. The number of nitrogens with two attached hydrogens (primary N) is 1. The topological polar surface area (TPSA) is 119 Å². The van der Waals surface area contributed by atoms with Gasteiger partial charge in [-0.15, -0.1) is 0 Å². The zero-order chi connectivity index (χ0) is 27.9. The van der Waals surface area contributed by atoms with Crippen LogP contribution in [0.1, 0.15) is 24.0 Å². The van der Waals surface area contributed by atoms with Gasteiger partial charge in [0, 0.05) is 18.2 Å². The van der Waals surface area contributed by atoms with Crippen molar-refractivity contribution in [1.29, 1.82) is 0 Å². The summed E-state index contributed by atoms with van der Waals surface area (Å²) in [6.45, 7) is 1.10. The lowest BCUT2D eigenvalue weighted by Crippen LogP contribution is -2.46. The number of anilines is 2. The number of rotatable bonds is 4. The lowest BCUT2D eigenvalue weighted by Gasteiger charge is -2.26. The minimum Gasteiger partial charge on any atom is -0.383 e. The average Bonchev–Trinajstić information content (AvgIpc) is 3.25. The zero-order valence-electron chi connectivity index (χ0n) is 20.3. The highest BCUT2D eigenvalue weighted by atomic mass is 79.9. The summed E-state index contributed by atoms with van der Waals surface area (Å²) in [4.78, 5) is 40.3. The number of nitrogens with zero attached hydrogens (tertiary/aromatic N) is 5. The van der Waals surface area contributed by atoms with Gasteiger partial charge in [0.25, 0.3) is 0 Å². The van der Waals surface area contributed by atoms with Crippen molar-refractivity contribution >= 4 is 61.3 Å². The number of piperidine rings is 1. The predicted octanol–water partition coefficient (Wildman–Crippen LogP) is 4.37. The molecule has 4 heterocycles. The van der Waals surface area contributed by atoms with E-state index in [4.69, 9.17) is 5.73 Å². The number of halogens is 5. The number of carbonyl (C=O) groups excluding carboxylic acids is 2. The van der Waals surface area contributed by atoms with Gasteiger partial charge in [-0.1, -0.05) is 6.07 Å². The van der Waals surface area contributed by atoms with Crippen LogP contribution in [0.4, 0.5) is 29.2 Å². The molecular formula is C25H20BrF4N7O2. The molecule has 9 nitrogen and oxygen atoms in total. The minimum atomic E-state index is -4.61. The number of nitrogen functional groups attached to an aromatic ring is 1. The minimum absolute atomic E-state index is 0.0418. The van der Waals surface area contributed by atoms with Gasteiger partial charge in [-0.3, -0.25) is 9.59 Å². The molecule has 1 aliphatic heterocycles. The molecule has 2 fully saturated rings. The van der Waals surface area contributed by atoms with Crippen molar-refractivity contribution in [2.75, 3.05) is 11.1 Å². The van der Waals surface area contributed by atoms with Gasteiger partial charge < -0.3 is 20.5 Å². The number of likely N-dealkylation sites (tertiary alicyclic amines) is 1. The largest absolute Gasteiger partial charge is 0.416 e. The number of aromatic nitrogens is 4. The second-order valence-electron chi connectivity index (χ2n) is 9.84. The summed E-state index contributed by atoms with van der Waals surface area (Å²) in [5.74, 6) is -0.964. The van der Waals surface area contributed by atoms with Gasteiger partial charge in [-0.05, 0) is 52.7 Å². The fourth-order valence-electron chi connectivity index (χ4n) is 5.54. The summed E-state index contributed by atoms with van der Waals surface area (Å²) in [6, 6.07) is 4.98. The van der Waals surface area contributed by atoms with Crippen molar-refractivity contribution in [3.05, 3.63) is 52.4 Å². The number of carbonyl (C=O) groups is 2. The Morgan fingerprint density at radius 1 is 1.23 bits per heavy atom. The molecule has 1 aromatic carbocycles. The maximum absolute atomic E-state index is 15.2. The van der Waals surface area contributed by atoms with E-state index in [0.717, 1.165) is 18.5 Å². The Morgan fingerprint density at radius 3 is 2.72 bits per heavy atom. The molecule has 2 aliphatic rings. The van der Waals surface area contributed by atoms with E-state index in [0.29, 0.717) is 10.1 Å². The van der Waals surface area contributed by atoms with Crippen LogP contribution in [0.5, 0.6) is 0 Å². The first-order valence-corrected chi connectivity index (χ1v) is 12.7. The summed E-state index contributed by atoms with van der Waals surface area (Å²) in [7, 11) is 0. The van der Waals surface area contributed by atoms with Crippen molar-refractivity contribution in [2.45, 2.75) is 50.2 Å². The molecule has 6 rings (SSSR count). The predicted molar refractivity (Wildman–Crippen MR) is 137 cm³/mol. The third kappa shape index (κ3) is 4.17. The monoisotopic (exact) mass is 605 g/mol. The van der Waals surface area contributed by atoms with Gasteiger partial charge in [0.15, 0.2) is 0 Å². The highest BCUT2D eigenvalue weighted by Crippen LogP contribution is 2.55. The standard InChI is InChI=1S/C25H20BrF4N7O2/c1-11-5-12(25(28,29)30)6-13-19-21(31)32-10-33-22(19)36(20(11)13)9-18(38)37-14(7-24(27)8-15(24)37)23(39)35-17-4-2-3-16(26)34-17/h2-6,10,14-15H,7-9H2,1H3,(H2,31,32,33)(H,34,35,39)/t14-,15?,24-/m0/s1. The van der Waals surface area contributed by atoms with Crippen molar-refractivity contribution in [2.24, 2.45) is 0 Å². The molecule has 0 bridgehead atoms. The number of benzene rings is 1. The van der Waals surface area contributed by atoms with E-state index >= 15 is 4.39 Å². The van der Waals surface area contributed by atoms with E-state index in [1.54, 1.807) is 18.2 Å². The summed E-state index contributed by atoms with van der Waals surface area (Å²) >= 11 is 3.22. The first-order valence-electron chi connectivity index (χ1n) is 11.9. The Hall–Kier alpha value is -3.81. The lowest BCUT2D eigenvalue weighted by atomic mass is 10.1. The van der Waals surface area contributed by atoms with Crippen LogP contribution in [0, 0.1) is 6.92 Å². The van der Waals surface area contributed by atoms with Crippen LogP contribution in [-0.4, -0.2) is 54.0 Å². The smallest absolute Gasteiger partial charge is 0.383 e. The van der Waals surface area contributed by atoms with Gasteiger partial charge in [0.2, 0.25) is 11.8 Å². The highest BCUT2D eigenvalue weighted by Gasteiger charge is 2.68. The summed E-state index contributed by atoms with van der Waals surface area (Å²) in [6.07, 6.45) is -3.52. The maximum Gasteiger partial charge on any atom is 0.416 e. The van der Waals surface area contributed by atoms with Crippen LogP contribution in [0.25, 0.3) is 21.9 Å². The molecule has 39 heavy (non-hydrogen) atoms. The van der Waals surface area contributed by atoms with Crippen LogP contribution in [0.15, 0.2) is 41.3 Å². The van der Waals surface area contributed by atoms with Crippen LogP contribution < -0.4 is 11.1 Å². The molecule has 3 aromatic heterocycles. The number of pyridine rings is 1. The van der Waals surface area contributed by atoms with E-state index in [9.17, 15) is 22.8 Å². The first-order chi connectivity index (χ1) is 18.4. The molecule has 2 amide bonds. The molecule has 202 valence electrons. The number of aryl methyl sites for hydroxylation is 1. The molecule has 1 unspecified atom stereocenters. The van der Waals surface area contributed by atoms with Crippen molar-refractivity contribution in [1.82, 2.24) is 24.4 Å². The Labute approximate surface area is 226 Å². The number of fused-ring (bicyclic) bond motifs is 4. The Bertz CT molecular complexity index is 1690. The summed E-state index contributed by atoms with van der Waals surface area (Å²) in [5.41, 5.74) is 4.21.